The minimum atomic E-state index is 0.0752. The van der Waals surface area contributed by atoms with Crippen molar-refractivity contribution < 1.29 is 14.3 Å². The van der Waals surface area contributed by atoms with E-state index in [4.69, 9.17) is 4.74 Å². The zero-order valence-corrected chi connectivity index (χ0v) is 10.9. The fraction of sp³-hybridized carbons (Fsp3) is 0.846. The van der Waals surface area contributed by atoms with Crippen molar-refractivity contribution in [1.82, 2.24) is 0 Å². The Morgan fingerprint density at radius 1 is 1.00 bits per heavy atom. The summed E-state index contributed by atoms with van der Waals surface area (Å²) in [6, 6.07) is 0. The van der Waals surface area contributed by atoms with Gasteiger partial charge in [0.15, 0.2) is 0 Å². The lowest BCUT2D eigenvalue weighted by Gasteiger charge is -2.06. The summed E-state index contributed by atoms with van der Waals surface area (Å²) < 4.78 is 5.27. The molecule has 0 amide bonds. The van der Waals surface area contributed by atoms with Gasteiger partial charge >= 0.3 is 0 Å². The summed E-state index contributed by atoms with van der Waals surface area (Å²) in [5, 5.41) is 0. The summed E-state index contributed by atoms with van der Waals surface area (Å²) in [7, 11) is 0. The highest BCUT2D eigenvalue weighted by Gasteiger charge is 2.07. The summed E-state index contributed by atoms with van der Waals surface area (Å²) >= 11 is 0. The van der Waals surface area contributed by atoms with Crippen molar-refractivity contribution in [2.45, 2.75) is 47.0 Å². The van der Waals surface area contributed by atoms with Gasteiger partial charge in [0, 0.05) is 25.2 Å². The Bertz CT molecular complexity index is 219. The highest BCUT2D eigenvalue weighted by atomic mass is 16.5. The van der Waals surface area contributed by atoms with Gasteiger partial charge in [-0.05, 0) is 5.92 Å². The van der Waals surface area contributed by atoms with Gasteiger partial charge in [0.05, 0.1) is 13.2 Å². The SMILES string of the molecule is CC(C)CC(=O)CCOCCC(=O)C(C)C. The number of ketones is 2. The molecule has 3 heteroatoms. The van der Waals surface area contributed by atoms with E-state index in [1.54, 1.807) is 0 Å². The minimum absolute atomic E-state index is 0.0752. The average Bonchev–Trinajstić information content (AvgIpc) is 2.15. The van der Waals surface area contributed by atoms with E-state index in [-0.39, 0.29) is 17.5 Å². The molecular weight excluding hydrogens is 204 g/mol. The van der Waals surface area contributed by atoms with Crippen LogP contribution in [0.25, 0.3) is 0 Å². The molecule has 0 rings (SSSR count). The Morgan fingerprint density at radius 2 is 1.56 bits per heavy atom. The summed E-state index contributed by atoms with van der Waals surface area (Å²) in [6.45, 7) is 8.70. The van der Waals surface area contributed by atoms with E-state index >= 15 is 0 Å². The van der Waals surface area contributed by atoms with E-state index in [0.717, 1.165) is 0 Å². The van der Waals surface area contributed by atoms with Gasteiger partial charge in [0.25, 0.3) is 0 Å². The molecule has 0 saturated carbocycles. The van der Waals surface area contributed by atoms with Gasteiger partial charge in [0.1, 0.15) is 11.6 Å². The second-order valence-corrected chi connectivity index (χ2v) is 4.87. The highest BCUT2D eigenvalue weighted by Crippen LogP contribution is 2.03. The first-order valence-electron chi connectivity index (χ1n) is 6.05. The molecule has 0 saturated heterocycles. The van der Waals surface area contributed by atoms with Gasteiger partial charge < -0.3 is 4.74 Å². The van der Waals surface area contributed by atoms with Crippen LogP contribution in [0.3, 0.4) is 0 Å². The van der Waals surface area contributed by atoms with E-state index < -0.39 is 0 Å². The predicted octanol–water partition coefficient (Wildman–Crippen LogP) is 2.62. The molecule has 0 atom stereocenters. The maximum absolute atomic E-state index is 11.3. The molecule has 0 bridgehead atoms. The first-order valence-corrected chi connectivity index (χ1v) is 6.05. The normalized spacial score (nSPS) is 11.1. The van der Waals surface area contributed by atoms with Crippen molar-refractivity contribution in [2.24, 2.45) is 11.8 Å². The van der Waals surface area contributed by atoms with Crippen molar-refractivity contribution in [3.05, 3.63) is 0 Å². The Hall–Kier alpha value is -0.700. The van der Waals surface area contributed by atoms with Crippen LogP contribution < -0.4 is 0 Å². The third-order valence-corrected chi connectivity index (χ3v) is 2.30. The molecule has 0 radical (unpaired) electrons. The summed E-state index contributed by atoms with van der Waals surface area (Å²) in [5.74, 6) is 0.944. The molecule has 0 unspecified atom stereocenters. The lowest BCUT2D eigenvalue weighted by atomic mass is 10.1. The molecule has 0 spiro atoms. The Morgan fingerprint density at radius 3 is 2.06 bits per heavy atom. The largest absolute Gasteiger partial charge is 0.381 e. The van der Waals surface area contributed by atoms with Crippen LogP contribution in [0.2, 0.25) is 0 Å². The first kappa shape index (κ1) is 15.3. The average molecular weight is 228 g/mol. The number of rotatable bonds is 9. The third-order valence-electron chi connectivity index (χ3n) is 2.30. The van der Waals surface area contributed by atoms with E-state index in [1.807, 2.05) is 27.7 Å². The molecule has 94 valence electrons. The molecular formula is C13H24O3. The monoisotopic (exact) mass is 228 g/mol. The predicted molar refractivity (Wildman–Crippen MR) is 64.4 cm³/mol. The van der Waals surface area contributed by atoms with Crippen LogP contribution in [0.15, 0.2) is 0 Å². The van der Waals surface area contributed by atoms with Gasteiger partial charge in [0.2, 0.25) is 0 Å². The molecule has 3 nitrogen and oxygen atoms in total. The van der Waals surface area contributed by atoms with Gasteiger partial charge in [-0.25, -0.2) is 0 Å². The Balaban J connectivity index is 3.40. The topological polar surface area (TPSA) is 43.4 Å². The number of hydrogen-bond donors (Lipinski definition) is 0. The van der Waals surface area contributed by atoms with E-state index in [2.05, 4.69) is 0 Å². The van der Waals surface area contributed by atoms with E-state index in [0.29, 0.717) is 38.4 Å². The van der Waals surface area contributed by atoms with Gasteiger partial charge in [-0.3, -0.25) is 9.59 Å². The Labute approximate surface area is 98.6 Å². The standard InChI is InChI=1S/C13H24O3/c1-10(2)9-12(14)5-7-16-8-6-13(15)11(3)4/h10-11H,5-9H2,1-4H3. The minimum Gasteiger partial charge on any atom is -0.381 e. The molecule has 0 fully saturated rings. The number of carbonyl (C=O) groups is 2. The van der Waals surface area contributed by atoms with E-state index in [1.165, 1.54) is 0 Å². The zero-order valence-electron chi connectivity index (χ0n) is 10.9. The summed E-state index contributed by atoms with van der Waals surface area (Å²) in [4.78, 5) is 22.6. The number of hydrogen-bond acceptors (Lipinski definition) is 3. The van der Waals surface area contributed by atoms with Crippen LogP contribution in [0.5, 0.6) is 0 Å². The van der Waals surface area contributed by atoms with Gasteiger partial charge in [-0.15, -0.1) is 0 Å². The fourth-order valence-corrected chi connectivity index (χ4v) is 1.31. The number of ether oxygens (including phenoxy) is 1. The van der Waals surface area contributed by atoms with Crippen molar-refractivity contribution in [3.8, 4) is 0 Å². The van der Waals surface area contributed by atoms with Crippen molar-refractivity contribution in [1.29, 1.82) is 0 Å². The zero-order chi connectivity index (χ0) is 12.6. The maximum Gasteiger partial charge on any atom is 0.137 e. The maximum atomic E-state index is 11.3. The lowest BCUT2D eigenvalue weighted by Crippen LogP contribution is -2.12. The van der Waals surface area contributed by atoms with E-state index in [9.17, 15) is 9.59 Å². The molecule has 0 aromatic rings. The molecule has 0 aliphatic rings. The number of carbonyl (C=O) groups excluding carboxylic acids is 2. The second-order valence-electron chi connectivity index (χ2n) is 4.87. The molecule has 16 heavy (non-hydrogen) atoms. The van der Waals surface area contributed by atoms with Crippen LogP contribution in [0, 0.1) is 11.8 Å². The molecule has 0 N–H and O–H groups in total. The second kappa shape index (κ2) is 8.45. The summed E-state index contributed by atoms with van der Waals surface area (Å²) in [6.07, 6.45) is 1.54. The van der Waals surface area contributed by atoms with Crippen molar-refractivity contribution in [3.63, 3.8) is 0 Å². The summed E-state index contributed by atoms with van der Waals surface area (Å²) in [5.41, 5.74) is 0. The van der Waals surface area contributed by atoms with Crippen molar-refractivity contribution in [2.75, 3.05) is 13.2 Å². The van der Waals surface area contributed by atoms with Crippen molar-refractivity contribution >= 4 is 11.6 Å². The molecule has 0 aromatic heterocycles. The van der Waals surface area contributed by atoms with Crippen LogP contribution in [0.1, 0.15) is 47.0 Å². The van der Waals surface area contributed by atoms with Crippen LogP contribution in [-0.2, 0) is 14.3 Å². The van der Waals surface area contributed by atoms with Crippen LogP contribution >= 0.6 is 0 Å². The number of Topliss-reactive ketones (excluding diaryl/α,β-unsaturated/α-hetero) is 2. The third kappa shape index (κ3) is 8.60. The van der Waals surface area contributed by atoms with Crippen LogP contribution in [-0.4, -0.2) is 24.8 Å². The fourth-order valence-electron chi connectivity index (χ4n) is 1.31. The smallest absolute Gasteiger partial charge is 0.137 e. The first-order chi connectivity index (χ1) is 7.43. The highest BCUT2D eigenvalue weighted by molar-refractivity contribution is 5.80. The molecule has 0 aromatic carbocycles. The lowest BCUT2D eigenvalue weighted by molar-refractivity contribution is -0.123. The Kier molecular flexibility index (Phi) is 8.08. The molecule has 0 aliphatic carbocycles. The quantitative estimate of drug-likeness (QED) is 0.570. The molecule has 0 aliphatic heterocycles. The van der Waals surface area contributed by atoms with Gasteiger partial charge in [-0.1, -0.05) is 27.7 Å². The molecule has 0 heterocycles. The van der Waals surface area contributed by atoms with Gasteiger partial charge in [-0.2, -0.15) is 0 Å². The van der Waals surface area contributed by atoms with Crippen LogP contribution in [0.4, 0.5) is 0 Å².